The van der Waals surface area contributed by atoms with Gasteiger partial charge in [-0.3, -0.25) is 9.69 Å². The van der Waals surface area contributed by atoms with E-state index in [0.29, 0.717) is 25.9 Å². The second-order valence-corrected chi connectivity index (χ2v) is 3.67. The Kier molecular flexibility index (Phi) is 2.69. The van der Waals surface area contributed by atoms with Crippen molar-refractivity contribution in [3.63, 3.8) is 0 Å². The summed E-state index contributed by atoms with van der Waals surface area (Å²) in [4.78, 5) is 12.2. The van der Waals surface area contributed by atoms with Gasteiger partial charge in [-0.05, 0) is 19.8 Å². The molecule has 0 unspecified atom stereocenters. The Labute approximate surface area is 71.8 Å². The number of hydrogen-bond donors (Lipinski definition) is 2. The van der Waals surface area contributed by atoms with Crippen LogP contribution in [0.3, 0.4) is 0 Å². The zero-order chi connectivity index (χ0) is 9.19. The van der Waals surface area contributed by atoms with Gasteiger partial charge >= 0.3 is 5.97 Å². The van der Waals surface area contributed by atoms with E-state index in [-0.39, 0.29) is 6.54 Å². The first kappa shape index (κ1) is 9.48. The Bertz CT molecular complexity index is 169. The van der Waals surface area contributed by atoms with Crippen molar-refractivity contribution in [2.75, 3.05) is 19.6 Å². The number of nitrogens with zero attached hydrogens (tertiary/aromatic N) is 1. The van der Waals surface area contributed by atoms with Gasteiger partial charge < -0.3 is 10.2 Å². The van der Waals surface area contributed by atoms with Gasteiger partial charge in [-0.2, -0.15) is 0 Å². The topological polar surface area (TPSA) is 60.8 Å². The lowest BCUT2D eigenvalue weighted by Gasteiger charge is -2.34. The van der Waals surface area contributed by atoms with Crippen LogP contribution in [-0.4, -0.2) is 46.3 Å². The molecule has 4 heteroatoms. The number of aliphatic hydroxyl groups is 1. The lowest BCUT2D eigenvalue weighted by molar-refractivity contribution is -0.139. The Morgan fingerprint density at radius 1 is 1.50 bits per heavy atom. The molecule has 0 saturated carbocycles. The first-order valence-corrected chi connectivity index (χ1v) is 4.16. The van der Waals surface area contributed by atoms with Crippen LogP contribution in [0.4, 0.5) is 0 Å². The van der Waals surface area contributed by atoms with E-state index in [0.717, 1.165) is 0 Å². The summed E-state index contributed by atoms with van der Waals surface area (Å²) in [7, 11) is 0. The third-order valence-corrected chi connectivity index (χ3v) is 2.29. The number of piperidine rings is 1. The van der Waals surface area contributed by atoms with Crippen molar-refractivity contribution < 1.29 is 15.0 Å². The van der Waals surface area contributed by atoms with Crippen LogP contribution < -0.4 is 0 Å². The van der Waals surface area contributed by atoms with Crippen LogP contribution in [0.5, 0.6) is 0 Å². The highest BCUT2D eigenvalue weighted by Gasteiger charge is 2.27. The molecule has 1 rings (SSSR count). The number of likely N-dealkylation sites (tertiary alicyclic amines) is 1. The lowest BCUT2D eigenvalue weighted by atomic mass is 9.94. The van der Waals surface area contributed by atoms with Crippen molar-refractivity contribution in [3.05, 3.63) is 0 Å². The zero-order valence-corrected chi connectivity index (χ0v) is 7.29. The molecule has 70 valence electrons. The summed E-state index contributed by atoms with van der Waals surface area (Å²) in [6.45, 7) is 3.25. The number of rotatable bonds is 2. The van der Waals surface area contributed by atoms with Crippen LogP contribution in [0, 0.1) is 0 Å². The molecule has 0 atom stereocenters. The molecule has 2 N–H and O–H groups in total. The standard InChI is InChI=1S/C8H15NO3/c1-8(12)2-4-9(5-3-8)6-7(10)11/h12H,2-6H2,1H3,(H,10,11). The quantitative estimate of drug-likeness (QED) is 0.613. The van der Waals surface area contributed by atoms with Crippen molar-refractivity contribution >= 4 is 5.97 Å². The van der Waals surface area contributed by atoms with Crippen LogP contribution in [0.25, 0.3) is 0 Å². The van der Waals surface area contributed by atoms with Gasteiger partial charge in [-0.15, -0.1) is 0 Å². The summed E-state index contributed by atoms with van der Waals surface area (Å²) < 4.78 is 0. The van der Waals surface area contributed by atoms with E-state index in [9.17, 15) is 9.90 Å². The molecule has 1 aliphatic heterocycles. The maximum atomic E-state index is 10.3. The molecule has 0 aliphatic carbocycles. The van der Waals surface area contributed by atoms with E-state index >= 15 is 0 Å². The molecule has 0 bridgehead atoms. The predicted octanol–water partition coefficient (Wildman–Crippen LogP) is -0.0822. The maximum absolute atomic E-state index is 10.3. The van der Waals surface area contributed by atoms with Gasteiger partial charge in [-0.25, -0.2) is 0 Å². The fourth-order valence-corrected chi connectivity index (χ4v) is 1.38. The first-order valence-electron chi connectivity index (χ1n) is 4.16. The van der Waals surface area contributed by atoms with E-state index in [1.54, 1.807) is 6.92 Å². The number of aliphatic carboxylic acids is 1. The molecule has 4 nitrogen and oxygen atoms in total. The Morgan fingerprint density at radius 3 is 2.42 bits per heavy atom. The second kappa shape index (κ2) is 3.41. The minimum Gasteiger partial charge on any atom is -0.480 e. The highest BCUT2D eigenvalue weighted by atomic mass is 16.4. The molecule has 0 amide bonds. The Morgan fingerprint density at radius 2 is 2.00 bits per heavy atom. The summed E-state index contributed by atoms with van der Waals surface area (Å²) in [5, 5.41) is 18.0. The number of carboxylic acids is 1. The number of carbonyl (C=O) groups is 1. The van der Waals surface area contributed by atoms with Gasteiger partial charge in [0.2, 0.25) is 0 Å². The number of hydrogen-bond acceptors (Lipinski definition) is 3. The van der Waals surface area contributed by atoms with Crippen molar-refractivity contribution in [1.82, 2.24) is 4.90 Å². The highest BCUT2D eigenvalue weighted by molar-refractivity contribution is 5.69. The fourth-order valence-electron chi connectivity index (χ4n) is 1.38. The number of carboxylic acid groups (broad SMARTS) is 1. The molecule has 0 aromatic heterocycles. The minimum atomic E-state index is -0.795. The third kappa shape index (κ3) is 2.79. The predicted molar refractivity (Wildman–Crippen MR) is 43.9 cm³/mol. The molecule has 0 aromatic carbocycles. The molecule has 1 saturated heterocycles. The molecule has 0 radical (unpaired) electrons. The molecule has 1 fully saturated rings. The third-order valence-electron chi connectivity index (χ3n) is 2.29. The minimum absolute atomic E-state index is 0.0933. The second-order valence-electron chi connectivity index (χ2n) is 3.67. The summed E-state index contributed by atoms with van der Waals surface area (Å²) in [5.74, 6) is -0.795. The van der Waals surface area contributed by atoms with Crippen molar-refractivity contribution in [2.45, 2.75) is 25.4 Å². The van der Waals surface area contributed by atoms with Gasteiger partial charge in [0.15, 0.2) is 0 Å². The van der Waals surface area contributed by atoms with Crippen LogP contribution in [0.1, 0.15) is 19.8 Å². The summed E-state index contributed by atoms with van der Waals surface area (Å²) in [5.41, 5.74) is -0.588. The van der Waals surface area contributed by atoms with E-state index in [1.807, 2.05) is 4.90 Å². The van der Waals surface area contributed by atoms with Gasteiger partial charge in [0, 0.05) is 13.1 Å². The van der Waals surface area contributed by atoms with Gasteiger partial charge in [-0.1, -0.05) is 0 Å². The Balaban J connectivity index is 2.31. The van der Waals surface area contributed by atoms with E-state index in [2.05, 4.69) is 0 Å². The zero-order valence-electron chi connectivity index (χ0n) is 7.29. The lowest BCUT2D eigenvalue weighted by Crippen LogP contribution is -2.44. The Hall–Kier alpha value is -0.610. The molecule has 1 aliphatic rings. The normalized spacial score (nSPS) is 23.8. The summed E-state index contributed by atoms with van der Waals surface area (Å²) in [6, 6.07) is 0. The van der Waals surface area contributed by atoms with Crippen LogP contribution in [-0.2, 0) is 4.79 Å². The van der Waals surface area contributed by atoms with E-state index in [4.69, 9.17) is 5.11 Å². The molecule has 12 heavy (non-hydrogen) atoms. The van der Waals surface area contributed by atoms with Gasteiger partial charge in [0.1, 0.15) is 0 Å². The largest absolute Gasteiger partial charge is 0.480 e. The van der Waals surface area contributed by atoms with Crippen molar-refractivity contribution in [3.8, 4) is 0 Å². The van der Waals surface area contributed by atoms with Gasteiger partial charge in [0.05, 0.1) is 12.1 Å². The first-order chi connectivity index (χ1) is 5.49. The van der Waals surface area contributed by atoms with Crippen molar-refractivity contribution in [2.24, 2.45) is 0 Å². The molecular weight excluding hydrogens is 158 g/mol. The van der Waals surface area contributed by atoms with E-state index in [1.165, 1.54) is 0 Å². The van der Waals surface area contributed by atoms with Crippen LogP contribution >= 0.6 is 0 Å². The molecule has 0 spiro atoms. The van der Waals surface area contributed by atoms with Crippen LogP contribution in [0.15, 0.2) is 0 Å². The molecule has 1 heterocycles. The van der Waals surface area contributed by atoms with Crippen molar-refractivity contribution in [1.29, 1.82) is 0 Å². The summed E-state index contributed by atoms with van der Waals surface area (Å²) >= 11 is 0. The average Bonchev–Trinajstić information content (AvgIpc) is 1.93. The SMILES string of the molecule is CC1(O)CCN(CC(=O)O)CC1. The smallest absolute Gasteiger partial charge is 0.317 e. The average molecular weight is 173 g/mol. The molecular formula is C8H15NO3. The van der Waals surface area contributed by atoms with Gasteiger partial charge in [0.25, 0.3) is 0 Å². The van der Waals surface area contributed by atoms with E-state index < -0.39 is 11.6 Å². The fraction of sp³-hybridized carbons (Fsp3) is 0.875. The highest BCUT2D eigenvalue weighted by Crippen LogP contribution is 2.20. The monoisotopic (exact) mass is 173 g/mol. The van der Waals surface area contributed by atoms with Crippen LogP contribution in [0.2, 0.25) is 0 Å². The molecule has 0 aromatic rings. The summed E-state index contributed by atoms with van der Waals surface area (Å²) in [6.07, 6.45) is 1.33. The maximum Gasteiger partial charge on any atom is 0.317 e.